The Balaban J connectivity index is 2.23. The molecule has 0 amide bonds. The monoisotopic (exact) mass is 240 g/mol. The number of nitrogens with zero attached hydrogens (tertiary/aromatic N) is 2. The molecule has 0 fully saturated rings. The van der Waals surface area contributed by atoms with Gasteiger partial charge in [-0.25, -0.2) is 4.79 Å². The summed E-state index contributed by atoms with van der Waals surface area (Å²) in [5.74, 6) is -0.970. The average Bonchev–Trinajstić information content (AvgIpc) is 2.37. The Morgan fingerprint density at radius 1 is 1.00 bits per heavy atom. The smallest absolute Gasteiger partial charge is 0.335 e. The van der Waals surface area contributed by atoms with Gasteiger partial charge in [0.1, 0.15) is 0 Å². The van der Waals surface area contributed by atoms with Gasteiger partial charge in [-0.2, -0.15) is 10.2 Å². The molecule has 2 aromatic rings. The zero-order chi connectivity index (χ0) is 13.0. The molecule has 4 nitrogen and oxygen atoms in total. The first-order chi connectivity index (χ1) is 8.65. The van der Waals surface area contributed by atoms with Crippen LogP contribution in [0.15, 0.2) is 58.8 Å². The minimum Gasteiger partial charge on any atom is -0.478 e. The second kappa shape index (κ2) is 5.23. The third-order valence-corrected chi connectivity index (χ3v) is 2.38. The molecule has 4 heteroatoms. The summed E-state index contributed by atoms with van der Waals surface area (Å²) in [4.78, 5) is 10.8. The quantitative estimate of drug-likeness (QED) is 0.820. The summed E-state index contributed by atoms with van der Waals surface area (Å²) in [7, 11) is 0. The molecule has 0 atom stereocenters. The van der Waals surface area contributed by atoms with E-state index in [1.165, 1.54) is 12.1 Å². The van der Waals surface area contributed by atoms with E-state index in [4.69, 9.17) is 5.11 Å². The van der Waals surface area contributed by atoms with Crippen LogP contribution in [0.3, 0.4) is 0 Å². The molecule has 1 N–H and O–H groups in total. The largest absolute Gasteiger partial charge is 0.478 e. The van der Waals surface area contributed by atoms with Crippen LogP contribution in [0.1, 0.15) is 15.9 Å². The third-order valence-electron chi connectivity index (χ3n) is 2.38. The SMILES string of the molecule is Cc1cccc(N=Nc2cccc(C(=O)O)c2)c1. The number of benzene rings is 2. The van der Waals surface area contributed by atoms with Crippen LogP contribution in [0.25, 0.3) is 0 Å². The van der Waals surface area contributed by atoms with Crippen molar-refractivity contribution >= 4 is 17.3 Å². The van der Waals surface area contributed by atoms with Crippen LogP contribution in [0.4, 0.5) is 11.4 Å². The van der Waals surface area contributed by atoms with Gasteiger partial charge in [0, 0.05) is 0 Å². The Hall–Kier alpha value is -2.49. The maximum absolute atomic E-state index is 10.8. The van der Waals surface area contributed by atoms with E-state index in [1.54, 1.807) is 12.1 Å². The van der Waals surface area contributed by atoms with Gasteiger partial charge in [-0.1, -0.05) is 18.2 Å². The first-order valence-electron chi connectivity index (χ1n) is 5.47. The summed E-state index contributed by atoms with van der Waals surface area (Å²) in [5.41, 5.74) is 2.58. The van der Waals surface area contributed by atoms with E-state index >= 15 is 0 Å². The van der Waals surface area contributed by atoms with E-state index in [-0.39, 0.29) is 5.56 Å². The van der Waals surface area contributed by atoms with Crippen molar-refractivity contribution < 1.29 is 9.90 Å². The molecule has 0 unspecified atom stereocenters. The Morgan fingerprint density at radius 2 is 1.61 bits per heavy atom. The van der Waals surface area contributed by atoms with E-state index in [0.717, 1.165) is 11.3 Å². The van der Waals surface area contributed by atoms with Crippen molar-refractivity contribution in [2.45, 2.75) is 6.92 Å². The van der Waals surface area contributed by atoms with Gasteiger partial charge in [-0.3, -0.25) is 0 Å². The second-order valence-corrected chi connectivity index (χ2v) is 3.89. The number of hydrogen-bond donors (Lipinski definition) is 1. The Morgan fingerprint density at radius 3 is 2.22 bits per heavy atom. The Bertz CT molecular complexity index is 606. The molecule has 0 aliphatic carbocycles. The summed E-state index contributed by atoms with van der Waals surface area (Å²) in [5, 5.41) is 17.0. The molecule has 90 valence electrons. The molecule has 0 bridgehead atoms. The van der Waals surface area contributed by atoms with E-state index in [2.05, 4.69) is 10.2 Å². The van der Waals surface area contributed by atoms with Crippen molar-refractivity contribution in [3.05, 3.63) is 59.7 Å². The zero-order valence-electron chi connectivity index (χ0n) is 9.87. The van der Waals surface area contributed by atoms with Crippen molar-refractivity contribution in [3.8, 4) is 0 Å². The molecular weight excluding hydrogens is 228 g/mol. The first-order valence-corrected chi connectivity index (χ1v) is 5.47. The van der Waals surface area contributed by atoms with Crippen molar-refractivity contribution in [2.24, 2.45) is 10.2 Å². The number of carboxylic acids is 1. The summed E-state index contributed by atoms with van der Waals surface area (Å²) in [6.07, 6.45) is 0. The summed E-state index contributed by atoms with van der Waals surface area (Å²) in [6.45, 7) is 1.98. The molecule has 2 rings (SSSR count). The fraction of sp³-hybridized carbons (Fsp3) is 0.0714. The molecule has 0 aliphatic rings. The lowest BCUT2D eigenvalue weighted by Crippen LogP contribution is -1.94. The highest BCUT2D eigenvalue weighted by molar-refractivity contribution is 5.88. The van der Waals surface area contributed by atoms with Crippen LogP contribution in [-0.2, 0) is 0 Å². The predicted octanol–water partition coefficient (Wildman–Crippen LogP) is 4.11. The number of aryl methyl sites for hydroxylation is 1. The normalized spacial score (nSPS) is 10.7. The summed E-state index contributed by atoms with van der Waals surface area (Å²) in [6, 6.07) is 14.0. The van der Waals surface area contributed by atoms with E-state index in [9.17, 15) is 4.79 Å². The number of carbonyl (C=O) groups is 1. The Labute approximate surface area is 105 Å². The van der Waals surface area contributed by atoms with E-state index in [0.29, 0.717) is 5.69 Å². The van der Waals surface area contributed by atoms with Crippen molar-refractivity contribution in [1.29, 1.82) is 0 Å². The van der Waals surface area contributed by atoms with Crippen LogP contribution in [0, 0.1) is 6.92 Å². The van der Waals surface area contributed by atoms with Crippen LogP contribution in [0.2, 0.25) is 0 Å². The minimum atomic E-state index is -0.970. The maximum atomic E-state index is 10.8. The third kappa shape index (κ3) is 3.01. The molecule has 2 aromatic carbocycles. The molecule has 0 radical (unpaired) electrons. The number of hydrogen-bond acceptors (Lipinski definition) is 3. The number of rotatable bonds is 3. The first kappa shape index (κ1) is 12.0. The summed E-state index contributed by atoms with van der Waals surface area (Å²) >= 11 is 0. The highest BCUT2D eigenvalue weighted by Crippen LogP contribution is 2.19. The number of azo groups is 1. The molecular formula is C14H12N2O2. The molecule has 0 aromatic heterocycles. The second-order valence-electron chi connectivity index (χ2n) is 3.89. The van der Waals surface area contributed by atoms with Crippen LogP contribution in [0.5, 0.6) is 0 Å². The highest BCUT2D eigenvalue weighted by Gasteiger charge is 2.02. The standard InChI is InChI=1S/C14H12N2O2/c1-10-4-2-6-12(8-10)15-16-13-7-3-5-11(9-13)14(17)18/h2-9H,1H3,(H,17,18). The Kier molecular flexibility index (Phi) is 3.48. The van der Waals surface area contributed by atoms with Gasteiger partial charge in [0.2, 0.25) is 0 Å². The van der Waals surface area contributed by atoms with Gasteiger partial charge in [0.25, 0.3) is 0 Å². The lowest BCUT2D eigenvalue weighted by Gasteiger charge is -1.96. The highest BCUT2D eigenvalue weighted by atomic mass is 16.4. The molecule has 0 aliphatic heterocycles. The average molecular weight is 240 g/mol. The zero-order valence-corrected chi connectivity index (χ0v) is 9.87. The molecule has 18 heavy (non-hydrogen) atoms. The molecule has 0 heterocycles. The number of carboxylic acid groups (broad SMARTS) is 1. The van der Waals surface area contributed by atoms with E-state index in [1.807, 2.05) is 31.2 Å². The van der Waals surface area contributed by atoms with E-state index < -0.39 is 5.97 Å². The molecule has 0 spiro atoms. The van der Waals surface area contributed by atoms with Gasteiger partial charge < -0.3 is 5.11 Å². The van der Waals surface area contributed by atoms with Crippen LogP contribution in [-0.4, -0.2) is 11.1 Å². The van der Waals surface area contributed by atoms with Crippen molar-refractivity contribution in [1.82, 2.24) is 0 Å². The summed E-state index contributed by atoms with van der Waals surface area (Å²) < 4.78 is 0. The minimum absolute atomic E-state index is 0.204. The molecule has 0 saturated heterocycles. The van der Waals surface area contributed by atoms with Gasteiger partial charge in [0.05, 0.1) is 16.9 Å². The number of aromatic carboxylic acids is 1. The van der Waals surface area contributed by atoms with Crippen LogP contribution >= 0.6 is 0 Å². The van der Waals surface area contributed by atoms with Crippen LogP contribution < -0.4 is 0 Å². The van der Waals surface area contributed by atoms with Gasteiger partial charge >= 0.3 is 5.97 Å². The molecule has 0 saturated carbocycles. The van der Waals surface area contributed by atoms with Gasteiger partial charge in [0.15, 0.2) is 0 Å². The lowest BCUT2D eigenvalue weighted by atomic mass is 10.2. The van der Waals surface area contributed by atoms with Gasteiger partial charge in [-0.05, 0) is 42.8 Å². The maximum Gasteiger partial charge on any atom is 0.335 e. The lowest BCUT2D eigenvalue weighted by molar-refractivity contribution is 0.0697. The fourth-order valence-electron chi connectivity index (χ4n) is 1.51. The van der Waals surface area contributed by atoms with Gasteiger partial charge in [-0.15, -0.1) is 0 Å². The predicted molar refractivity (Wildman–Crippen MR) is 68.8 cm³/mol. The van der Waals surface area contributed by atoms with Crippen molar-refractivity contribution in [3.63, 3.8) is 0 Å². The topological polar surface area (TPSA) is 62.0 Å². The van der Waals surface area contributed by atoms with Crippen molar-refractivity contribution in [2.75, 3.05) is 0 Å². The fourth-order valence-corrected chi connectivity index (χ4v) is 1.51.